The molecule has 1 N–H and O–H groups in total. The summed E-state index contributed by atoms with van der Waals surface area (Å²) in [5, 5.41) is 0.660. The highest BCUT2D eigenvalue weighted by atomic mass is 19.1. The topological polar surface area (TPSA) is 53.9 Å². The Kier molecular flexibility index (Phi) is 6.48. The number of rotatable bonds is 5. The number of aromatic amines is 1. The van der Waals surface area contributed by atoms with Gasteiger partial charge in [0.1, 0.15) is 17.7 Å². The summed E-state index contributed by atoms with van der Waals surface area (Å²) in [5.41, 5.74) is 4.69. The lowest BCUT2D eigenvalue weighted by atomic mass is 9.88. The van der Waals surface area contributed by atoms with Crippen molar-refractivity contribution in [3.8, 4) is 11.1 Å². The van der Waals surface area contributed by atoms with Crippen molar-refractivity contribution in [1.29, 1.82) is 0 Å². The maximum absolute atomic E-state index is 16.3. The summed E-state index contributed by atoms with van der Waals surface area (Å²) in [4.78, 5) is 24.7. The number of nitrogens with zero attached hydrogens (tertiary/aromatic N) is 3. The second-order valence-corrected chi connectivity index (χ2v) is 11.1. The summed E-state index contributed by atoms with van der Waals surface area (Å²) in [6.07, 6.45) is 4.01. The van der Waals surface area contributed by atoms with E-state index < -0.39 is 11.9 Å². The van der Waals surface area contributed by atoms with Crippen LogP contribution in [0.15, 0.2) is 108 Å². The minimum atomic E-state index is -0.544. The summed E-state index contributed by atoms with van der Waals surface area (Å²) in [6, 6.07) is 30.6. The third-order valence-corrected chi connectivity index (χ3v) is 8.51. The van der Waals surface area contributed by atoms with E-state index in [1.165, 1.54) is 5.56 Å². The molecule has 3 heterocycles. The number of likely N-dealkylation sites (tertiary alicyclic amines) is 1. The number of nitrogens with one attached hydrogen (secondary N) is 1. The summed E-state index contributed by atoms with van der Waals surface area (Å²) >= 11 is 0. The molecule has 4 aromatic carbocycles. The molecule has 1 atom stereocenters. The molecule has 204 valence electrons. The molecule has 5 nitrogen and oxygen atoms in total. The smallest absolute Gasteiger partial charge is 0.262 e. The number of benzene rings is 4. The lowest BCUT2D eigenvalue weighted by Crippen LogP contribution is -2.29. The molecule has 2 aromatic heterocycles. The molecular weight excluding hydrogens is 511 g/mol. The van der Waals surface area contributed by atoms with E-state index in [1.807, 2.05) is 78.9 Å². The molecule has 6 aromatic rings. The van der Waals surface area contributed by atoms with Crippen molar-refractivity contribution in [3.63, 3.8) is 0 Å². The summed E-state index contributed by atoms with van der Waals surface area (Å²) in [7, 11) is 2.16. The largest absolute Gasteiger partial charge is 0.340 e. The lowest BCUT2D eigenvalue weighted by molar-refractivity contribution is 0.255. The third kappa shape index (κ3) is 4.64. The van der Waals surface area contributed by atoms with Gasteiger partial charge in [0.05, 0.1) is 16.4 Å². The Morgan fingerprint density at radius 2 is 1.61 bits per heavy atom. The maximum Gasteiger partial charge on any atom is 0.262 e. The van der Waals surface area contributed by atoms with Crippen LogP contribution in [-0.4, -0.2) is 39.6 Å². The predicted octanol–water partition coefficient (Wildman–Crippen LogP) is 7.13. The number of piperidine rings is 1. The van der Waals surface area contributed by atoms with Crippen LogP contribution in [0.25, 0.3) is 32.9 Å². The van der Waals surface area contributed by atoms with Crippen molar-refractivity contribution in [2.45, 2.75) is 24.8 Å². The Bertz CT molecular complexity index is 1870. The quantitative estimate of drug-likeness (QED) is 0.252. The first-order chi connectivity index (χ1) is 20.1. The Balaban J connectivity index is 1.32. The van der Waals surface area contributed by atoms with Crippen molar-refractivity contribution in [3.05, 3.63) is 136 Å². The van der Waals surface area contributed by atoms with Gasteiger partial charge in [0.25, 0.3) is 5.56 Å². The van der Waals surface area contributed by atoms with E-state index in [0.717, 1.165) is 48.1 Å². The zero-order valence-electron chi connectivity index (χ0n) is 22.9. The van der Waals surface area contributed by atoms with Crippen LogP contribution in [-0.2, 0) is 0 Å². The molecule has 41 heavy (non-hydrogen) atoms. The minimum absolute atomic E-state index is 0.0847. The highest BCUT2D eigenvalue weighted by molar-refractivity contribution is 5.87. The molecule has 0 radical (unpaired) electrons. The number of para-hydroxylation sites is 2. The Hall–Kier alpha value is -4.55. The molecule has 0 saturated carbocycles. The van der Waals surface area contributed by atoms with E-state index in [1.54, 1.807) is 16.8 Å². The van der Waals surface area contributed by atoms with Crippen LogP contribution >= 0.6 is 0 Å². The third-order valence-electron chi connectivity index (χ3n) is 8.51. The second-order valence-electron chi connectivity index (χ2n) is 11.1. The number of hydrogen-bond donors (Lipinski definition) is 1. The number of halogens is 1. The van der Waals surface area contributed by atoms with Gasteiger partial charge in [-0.1, -0.05) is 78.9 Å². The Morgan fingerprint density at radius 1 is 0.878 bits per heavy atom. The number of H-pyrrole nitrogens is 1. The van der Waals surface area contributed by atoms with E-state index in [0.29, 0.717) is 22.7 Å². The van der Waals surface area contributed by atoms with Crippen LogP contribution in [0, 0.1) is 5.82 Å². The Labute approximate surface area is 237 Å². The molecular formula is C35H31FN4O. The fraction of sp³-hybridized carbons (Fsp3) is 0.200. The molecule has 1 aliphatic rings. The van der Waals surface area contributed by atoms with Crippen molar-refractivity contribution >= 4 is 21.8 Å². The van der Waals surface area contributed by atoms with Crippen LogP contribution < -0.4 is 5.56 Å². The Morgan fingerprint density at radius 3 is 2.37 bits per heavy atom. The zero-order valence-corrected chi connectivity index (χ0v) is 22.9. The predicted molar refractivity (Wildman–Crippen MR) is 163 cm³/mol. The van der Waals surface area contributed by atoms with E-state index >= 15 is 4.39 Å². The van der Waals surface area contributed by atoms with E-state index in [-0.39, 0.29) is 10.9 Å². The monoisotopic (exact) mass is 542 g/mol. The number of hydrogen-bond acceptors (Lipinski definition) is 3. The maximum atomic E-state index is 16.3. The summed E-state index contributed by atoms with van der Waals surface area (Å²) < 4.78 is 17.9. The standard InChI is InChI=1S/C35H31FN4O/c1-39-20-17-24(18-21-39)23-11-13-25(14-12-23)28-16-15-26-19-22-40(35(41)31(26)32(28)36)33(27-7-3-2-4-8-27)34-37-29-9-5-6-10-30(29)38-34/h2-16,19,22,24,33H,17-18,20-21H2,1H3,(H,37,38). The fourth-order valence-electron chi connectivity index (χ4n) is 6.20. The highest BCUT2D eigenvalue weighted by Crippen LogP contribution is 2.33. The molecule has 0 amide bonds. The SMILES string of the molecule is CN1CCC(c2ccc(-c3ccc4ccn(C(c5ccccc5)c5nc6ccccc6[nH]5)c(=O)c4c3F)cc2)CC1. The lowest BCUT2D eigenvalue weighted by Gasteiger charge is -2.29. The number of pyridine rings is 1. The van der Waals surface area contributed by atoms with E-state index in [9.17, 15) is 4.79 Å². The van der Waals surface area contributed by atoms with Crippen molar-refractivity contribution in [2.75, 3.05) is 20.1 Å². The second kappa shape index (κ2) is 10.5. The van der Waals surface area contributed by atoms with Gasteiger partial charge in [-0.15, -0.1) is 0 Å². The van der Waals surface area contributed by atoms with Crippen molar-refractivity contribution in [1.82, 2.24) is 19.4 Å². The van der Waals surface area contributed by atoms with Crippen molar-refractivity contribution in [2.24, 2.45) is 0 Å². The van der Waals surface area contributed by atoms with Gasteiger partial charge in [-0.05, 0) is 79.2 Å². The van der Waals surface area contributed by atoms with Gasteiger partial charge in [-0.3, -0.25) is 4.79 Å². The van der Waals surface area contributed by atoms with Gasteiger partial charge >= 0.3 is 0 Å². The molecule has 0 spiro atoms. The average molecular weight is 543 g/mol. The fourth-order valence-corrected chi connectivity index (χ4v) is 6.20. The number of aromatic nitrogens is 3. The first-order valence-electron chi connectivity index (χ1n) is 14.2. The van der Waals surface area contributed by atoms with Gasteiger partial charge in [0.2, 0.25) is 0 Å². The molecule has 1 fully saturated rings. The van der Waals surface area contributed by atoms with Gasteiger partial charge in [-0.2, -0.15) is 0 Å². The van der Waals surface area contributed by atoms with Crippen LogP contribution in [0.5, 0.6) is 0 Å². The average Bonchev–Trinajstić information content (AvgIpc) is 3.43. The molecule has 0 bridgehead atoms. The minimum Gasteiger partial charge on any atom is -0.340 e. The van der Waals surface area contributed by atoms with Gasteiger partial charge in [-0.25, -0.2) is 9.37 Å². The number of fused-ring (bicyclic) bond motifs is 2. The zero-order chi connectivity index (χ0) is 27.9. The highest BCUT2D eigenvalue weighted by Gasteiger charge is 2.24. The first-order valence-corrected chi connectivity index (χ1v) is 14.2. The van der Waals surface area contributed by atoms with Crippen LogP contribution in [0.3, 0.4) is 0 Å². The normalized spacial score (nSPS) is 15.5. The van der Waals surface area contributed by atoms with Crippen LogP contribution in [0.2, 0.25) is 0 Å². The summed E-state index contributed by atoms with van der Waals surface area (Å²) in [6.45, 7) is 2.19. The van der Waals surface area contributed by atoms with E-state index in [2.05, 4.69) is 29.1 Å². The molecule has 1 unspecified atom stereocenters. The van der Waals surface area contributed by atoms with Crippen LogP contribution in [0.4, 0.5) is 4.39 Å². The van der Waals surface area contributed by atoms with Crippen LogP contribution in [0.1, 0.15) is 41.8 Å². The molecule has 1 saturated heterocycles. The van der Waals surface area contributed by atoms with Gasteiger partial charge in [0.15, 0.2) is 0 Å². The molecule has 1 aliphatic heterocycles. The van der Waals surface area contributed by atoms with Crippen molar-refractivity contribution < 1.29 is 4.39 Å². The van der Waals surface area contributed by atoms with Gasteiger partial charge < -0.3 is 14.5 Å². The van der Waals surface area contributed by atoms with E-state index in [4.69, 9.17) is 4.98 Å². The first kappa shape index (κ1) is 25.4. The molecule has 7 rings (SSSR count). The molecule has 0 aliphatic carbocycles. The summed E-state index contributed by atoms with van der Waals surface area (Å²) in [5.74, 6) is 0.660. The number of imidazole rings is 1. The molecule has 6 heteroatoms. The van der Waals surface area contributed by atoms with Gasteiger partial charge in [0, 0.05) is 11.8 Å².